The first kappa shape index (κ1) is 32.6. The SMILES string of the molecule is CC(C)(C)c1ccc2c(c1)c1ccc(Oc3[c-]c(-n4cc5ccccc5n4)ccc3)[c-]c1n2-c1cc(C(C)(C)c2ccccc2)ccn1.[Pt+2]. The standard InChI is InChI=1S/C43H36N4O.Pt/c1-42(2,3)31-18-21-39-37(24-31)36-20-19-35(48-34-16-11-15-33(26-34)46-28-29-12-9-10-17-38(29)45-46)27-40(36)47(39)41-25-32(22-23-44-41)43(4,5)30-13-7-6-8-14-30;/h6-25,28H,1-5H3;/q-2;+2. The quantitative estimate of drug-likeness (QED) is 0.157. The molecule has 3 aromatic heterocycles. The topological polar surface area (TPSA) is 44.9 Å². The average molecular weight is 820 g/mol. The number of hydrogen-bond donors (Lipinski definition) is 0. The Labute approximate surface area is 301 Å². The second kappa shape index (κ2) is 12.5. The Morgan fingerprint density at radius 1 is 0.653 bits per heavy atom. The van der Waals surface area contributed by atoms with Crippen molar-refractivity contribution in [2.45, 2.75) is 45.4 Å². The van der Waals surface area contributed by atoms with E-state index in [-0.39, 0.29) is 31.9 Å². The minimum atomic E-state index is -0.212. The van der Waals surface area contributed by atoms with Gasteiger partial charge in [-0.15, -0.1) is 35.7 Å². The zero-order chi connectivity index (χ0) is 33.0. The number of hydrogen-bond acceptors (Lipinski definition) is 3. The number of benzene rings is 5. The van der Waals surface area contributed by atoms with Crippen molar-refractivity contribution < 1.29 is 25.8 Å². The van der Waals surface area contributed by atoms with E-state index in [0.29, 0.717) is 11.5 Å². The van der Waals surface area contributed by atoms with Gasteiger partial charge in [0.15, 0.2) is 0 Å². The van der Waals surface area contributed by atoms with Crippen molar-refractivity contribution in [1.82, 2.24) is 19.3 Å². The molecule has 0 saturated heterocycles. The Kier molecular flexibility index (Phi) is 8.29. The van der Waals surface area contributed by atoms with E-state index in [4.69, 9.17) is 14.8 Å². The van der Waals surface area contributed by atoms with Gasteiger partial charge in [0.2, 0.25) is 0 Å². The predicted molar refractivity (Wildman–Crippen MR) is 195 cm³/mol. The molecule has 0 N–H and O–H groups in total. The minimum Gasteiger partial charge on any atom is -0.509 e. The van der Waals surface area contributed by atoms with Gasteiger partial charge in [-0.3, -0.25) is 4.68 Å². The van der Waals surface area contributed by atoms with Crippen LogP contribution in [0.3, 0.4) is 0 Å². The molecule has 5 aromatic carbocycles. The van der Waals surface area contributed by atoms with Crippen LogP contribution in [0.25, 0.3) is 44.2 Å². The monoisotopic (exact) mass is 819 g/mol. The zero-order valence-corrected chi connectivity index (χ0v) is 30.4. The van der Waals surface area contributed by atoms with Crippen molar-refractivity contribution in [3.05, 3.63) is 156 Å². The summed E-state index contributed by atoms with van der Waals surface area (Å²) in [4.78, 5) is 4.92. The molecule has 5 nitrogen and oxygen atoms in total. The Bertz CT molecular complexity index is 2420. The molecule has 8 aromatic rings. The number of aromatic nitrogens is 4. The smallest absolute Gasteiger partial charge is 0.509 e. The third-order valence-electron chi connectivity index (χ3n) is 9.34. The normalized spacial score (nSPS) is 12.0. The van der Waals surface area contributed by atoms with Gasteiger partial charge in [-0.1, -0.05) is 101 Å². The van der Waals surface area contributed by atoms with Gasteiger partial charge in [-0.2, -0.15) is 17.2 Å². The maximum absolute atomic E-state index is 6.44. The number of ether oxygens (including phenoxy) is 1. The summed E-state index contributed by atoms with van der Waals surface area (Å²) in [6.45, 7) is 11.3. The molecular weight excluding hydrogens is 784 g/mol. The Morgan fingerprint density at radius 2 is 1.43 bits per heavy atom. The first-order chi connectivity index (χ1) is 23.1. The molecule has 0 spiro atoms. The van der Waals surface area contributed by atoms with Crippen LogP contribution < -0.4 is 4.74 Å². The summed E-state index contributed by atoms with van der Waals surface area (Å²) in [5, 5.41) is 8.05. The van der Waals surface area contributed by atoms with Crippen LogP contribution in [-0.4, -0.2) is 19.3 Å². The minimum absolute atomic E-state index is 0. The maximum Gasteiger partial charge on any atom is 2.00 e. The molecule has 0 atom stereocenters. The predicted octanol–water partition coefficient (Wildman–Crippen LogP) is 10.5. The van der Waals surface area contributed by atoms with Crippen LogP contribution in [0.5, 0.6) is 11.5 Å². The van der Waals surface area contributed by atoms with Crippen molar-refractivity contribution in [1.29, 1.82) is 0 Å². The van der Waals surface area contributed by atoms with Crippen LogP contribution in [0.4, 0.5) is 0 Å². The van der Waals surface area contributed by atoms with Crippen LogP contribution in [0, 0.1) is 12.1 Å². The Hall–Kier alpha value is -4.99. The van der Waals surface area contributed by atoms with Gasteiger partial charge >= 0.3 is 21.1 Å². The van der Waals surface area contributed by atoms with Gasteiger partial charge < -0.3 is 9.30 Å². The first-order valence-corrected chi connectivity index (χ1v) is 16.3. The van der Waals surface area contributed by atoms with Crippen molar-refractivity contribution in [2.75, 3.05) is 0 Å². The van der Waals surface area contributed by atoms with Gasteiger partial charge in [0.25, 0.3) is 0 Å². The summed E-state index contributed by atoms with van der Waals surface area (Å²) in [7, 11) is 0. The van der Waals surface area contributed by atoms with Crippen molar-refractivity contribution >= 4 is 32.7 Å². The summed E-state index contributed by atoms with van der Waals surface area (Å²) >= 11 is 0. The summed E-state index contributed by atoms with van der Waals surface area (Å²) in [5.74, 6) is 2.03. The molecular formula is C43H36N4OPt. The van der Waals surface area contributed by atoms with E-state index >= 15 is 0 Å². The molecule has 244 valence electrons. The van der Waals surface area contributed by atoms with Crippen molar-refractivity contribution in [3.8, 4) is 23.0 Å². The molecule has 0 aliphatic carbocycles. The number of nitrogens with zero attached hydrogens (tertiary/aromatic N) is 4. The molecule has 0 radical (unpaired) electrons. The van der Waals surface area contributed by atoms with E-state index in [1.165, 1.54) is 16.7 Å². The van der Waals surface area contributed by atoms with E-state index in [2.05, 4.69) is 124 Å². The molecule has 3 heterocycles. The van der Waals surface area contributed by atoms with E-state index in [1.807, 2.05) is 59.5 Å². The Morgan fingerprint density at radius 3 is 2.22 bits per heavy atom. The van der Waals surface area contributed by atoms with E-state index in [1.54, 1.807) is 0 Å². The molecule has 6 heteroatoms. The zero-order valence-electron chi connectivity index (χ0n) is 28.1. The number of pyridine rings is 1. The summed E-state index contributed by atoms with van der Waals surface area (Å²) in [5.41, 5.74) is 7.23. The molecule has 0 unspecified atom stereocenters. The average Bonchev–Trinajstić information content (AvgIpc) is 3.67. The summed E-state index contributed by atoms with van der Waals surface area (Å²) in [6.07, 6.45) is 3.92. The van der Waals surface area contributed by atoms with Crippen LogP contribution in [0.1, 0.15) is 51.3 Å². The first-order valence-electron chi connectivity index (χ1n) is 16.3. The Balaban J connectivity index is 0.00000378. The van der Waals surface area contributed by atoms with Crippen LogP contribution >= 0.6 is 0 Å². The van der Waals surface area contributed by atoms with Gasteiger partial charge in [0, 0.05) is 40.2 Å². The fraction of sp³-hybridized carbons (Fsp3) is 0.163. The third kappa shape index (κ3) is 5.98. The van der Waals surface area contributed by atoms with Crippen molar-refractivity contribution in [2.24, 2.45) is 0 Å². The van der Waals surface area contributed by atoms with Gasteiger partial charge in [0.1, 0.15) is 5.82 Å². The summed E-state index contributed by atoms with van der Waals surface area (Å²) < 4.78 is 10.5. The molecule has 8 rings (SSSR count). The van der Waals surface area contributed by atoms with Gasteiger partial charge in [-0.25, -0.2) is 4.98 Å². The fourth-order valence-electron chi connectivity index (χ4n) is 6.48. The summed E-state index contributed by atoms with van der Waals surface area (Å²) in [6, 6.07) is 46.8. The van der Waals surface area contributed by atoms with Crippen molar-refractivity contribution in [3.63, 3.8) is 0 Å². The van der Waals surface area contributed by atoms with Crippen LogP contribution in [0.15, 0.2) is 128 Å². The third-order valence-corrected chi connectivity index (χ3v) is 9.34. The second-order valence-corrected chi connectivity index (χ2v) is 13.9. The molecule has 0 fully saturated rings. The molecule has 0 bridgehead atoms. The van der Waals surface area contributed by atoms with Crippen LogP contribution in [-0.2, 0) is 31.9 Å². The van der Waals surface area contributed by atoms with Gasteiger partial charge in [-0.05, 0) is 57.4 Å². The second-order valence-electron chi connectivity index (χ2n) is 13.9. The van der Waals surface area contributed by atoms with E-state index in [0.717, 1.165) is 44.2 Å². The van der Waals surface area contributed by atoms with Crippen LogP contribution in [0.2, 0.25) is 0 Å². The number of fused-ring (bicyclic) bond motifs is 4. The van der Waals surface area contributed by atoms with Gasteiger partial charge in [0.05, 0.1) is 5.52 Å². The molecule has 0 saturated carbocycles. The van der Waals surface area contributed by atoms with E-state index < -0.39 is 0 Å². The molecule has 0 aliphatic heterocycles. The fourth-order valence-corrected chi connectivity index (χ4v) is 6.48. The maximum atomic E-state index is 6.44. The largest absolute Gasteiger partial charge is 2.00 e. The number of rotatable bonds is 6. The molecule has 0 amide bonds. The van der Waals surface area contributed by atoms with E-state index in [9.17, 15) is 0 Å². The molecule has 49 heavy (non-hydrogen) atoms. The molecule has 0 aliphatic rings.